The number of oxazole rings is 1. The van der Waals surface area contributed by atoms with Gasteiger partial charge in [0.25, 0.3) is 5.89 Å². The molecule has 7 heteroatoms. The van der Waals surface area contributed by atoms with Gasteiger partial charge in [0.05, 0.1) is 25.0 Å². The standard InChI is InChI=1S/C18H17FN2O4/c1-11-15(21-18(25-11)16-3-2-6-24-16)8-17(23)20-9-12-4-5-14(19)13(7-12)10-22/h2-7,22H,8-10H2,1H3,(H,20,23). The highest BCUT2D eigenvalue weighted by atomic mass is 19.1. The Morgan fingerprint density at radius 2 is 2.20 bits per heavy atom. The van der Waals surface area contributed by atoms with Gasteiger partial charge in [-0.2, -0.15) is 0 Å². The third-order valence-corrected chi connectivity index (χ3v) is 3.72. The Bertz CT molecular complexity index is 871. The van der Waals surface area contributed by atoms with Crippen molar-refractivity contribution in [1.29, 1.82) is 0 Å². The number of aliphatic hydroxyl groups excluding tert-OH is 1. The van der Waals surface area contributed by atoms with Crippen molar-refractivity contribution in [1.82, 2.24) is 10.3 Å². The Labute approximate surface area is 143 Å². The number of carbonyl (C=O) groups excluding carboxylic acids is 1. The maximum Gasteiger partial charge on any atom is 0.263 e. The highest BCUT2D eigenvalue weighted by molar-refractivity contribution is 5.78. The van der Waals surface area contributed by atoms with Gasteiger partial charge in [-0.15, -0.1) is 0 Å². The second-order valence-corrected chi connectivity index (χ2v) is 5.54. The van der Waals surface area contributed by atoms with Gasteiger partial charge in [-0.05, 0) is 36.8 Å². The lowest BCUT2D eigenvalue weighted by atomic mass is 10.1. The third kappa shape index (κ3) is 3.95. The lowest BCUT2D eigenvalue weighted by molar-refractivity contribution is -0.120. The zero-order chi connectivity index (χ0) is 17.8. The highest BCUT2D eigenvalue weighted by Crippen LogP contribution is 2.22. The van der Waals surface area contributed by atoms with E-state index in [1.807, 2.05) is 0 Å². The van der Waals surface area contributed by atoms with E-state index < -0.39 is 5.82 Å². The van der Waals surface area contributed by atoms with Crippen molar-refractivity contribution in [3.05, 3.63) is 65.0 Å². The van der Waals surface area contributed by atoms with Crippen LogP contribution in [0.25, 0.3) is 11.7 Å². The van der Waals surface area contributed by atoms with Gasteiger partial charge >= 0.3 is 0 Å². The molecule has 0 spiro atoms. The first kappa shape index (κ1) is 16.9. The summed E-state index contributed by atoms with van der Waals surface area (Å²) in [5.41, 5.74) is 1.42. The lowest BCUT2D eigenvalue weighted by Gasteiger charge is -2.07. The van der Waals surface area contributed by atoms with Crippen LogP contribution in [0.15, 0.2) is 45.4 Å². The van der Waals surface area contributed by atoms with Gasteiger partial charge in [-0.1, -0.05) is 6.07 Å². The van der Waals surface area contributed by atoms with E-state index in [9.17, 15) is 9.18 Å². The molecule has 0 radical (unpaired) electrons. The summed E-state index contributed by atoms with van der Waals surface area (Å²) in [5.74, 6) is 0.665. The largest absolute Gasteiger partial charge is 0.459 e. The van der Waals surface area contributed by atoms with Crippen LogP contribution in [0, 0.1) is 12.7 Å². The summed E-state index contributed by atoms with van der Waals surface area (Å²) < 4.78 is 24.1. The number of rotatable bonds is 6. The zero-order valence-electron chi connectivity index (χ0n) is 13.6. The number of hydrogen-bond acceptors (Lipinski definition) is 5. The fourth-order valence-corrected chi connectivity index (χ4v) is 2.37. The average Bonchev–Trinajstić information content (AvgIpc) is 3.24. The van der Waals surface area contributed by atoms with E-state index in [2.05, 4.69) is 10.3 Å². The number of nitrogens with zero attached hydrogens (tertiary/aromatic N) is 1. The Morgan fingerprint density at radius 1 is 1.36 bits per heavy atom. The van der Waals surface area contributed by atoms with Crippen LogP contribution in [0.1, 0.15) is 22.6 Å². The number of furan rings is 1. The number of amides is 1. The second kappa shape index (κ2) is 7.31. The molecule has 130 valence electrons. The molecule has 0 aliphatic heterocycles. The summed E-state index contributed by atoms with van der Waals surface area (Å²) in [7, 11) is 0. The molecule has 2 aromatic heterocycles. The molecule has 0 atom stereocenters. The topological polar surface area (TPSA) is 88.5 Å². The first-order chi connectivity index (χ1) is 12.1. The fourth-order valence-electron chi connectivity index (χ4n) is 2.37. The number of aryl methyl sites for hydroxylation is 1. The van der Waals surface area contributed by atoms with Crippen LogP contribution < -0.4 is 5.32 Å². The number of halogens is 1. The summed E-state index contributed by atoms with van der Waals surface area (Å²) in [6.07, 6.45) is 1.58. The Morgan fingerprint density at radius 3 is 2.92 bits per heavy atom. The summed E-state index contributed by atoms with van der Waals surface area (Å²) >= 11 is 0. The predicted octanol–water partition coefficient (Wildman–Crippen LogP) is 2.73. The highest BCUT2D eigenvalue weighted by Gasteiger charge is 2.16. The van der Waals surface area contributed by atoms with Crippen LogP contribution in [0.4, 0.5) is 4.39 Å². The molecule has 3 rings (SSSR count). The van der Waals surface area contributed by atoms with Crippen molar-refractivity contribution < 1.29 is 23.1 Å². The van der Waals surface area contributed by atoms with Crippen LogP contribution in [-0.4, -0.2) is 16.0 Å². The van der Waals surface area contributed by atoms with Crippen LogP contribution >= 0.6 is 0 Å². The molecule has 6 nitrogen and oxygen atoms in total. The number of benzene rings is 1. The van der Waals surface area contributed by atoms with E-state index in [-0.39, 0.29) is 31.0 Å². The number of aromatic nitrogens is 1. The summed E-state index contributed by atoms with van der Waals surface area (Å²) in [6, 6.07) is 7.80. The van der Waals surface area contributed by atoms with E-state index in [1.54, 1.807) is 25.1 Å². The van der Waals surface area contributed by atoms with E-state index in [4.69, 9.17) is 13.9 Å². The lowest BCUT2D eigenvalue weighted by Crippen LogP contribution is -2.25. The minimum atomic E-state index is -0.471. The first-order valence-electron chi connectivity index (χ1n) is 7.72. The number of carbonyl (C=O) groups is 1. The fraction of sp³-hybridized carbons (Fsp3) is 0.222. The molecular formula is C18H17FN2O4. The van der Waals surface area contributed by atoms with E-state index >= 15 is 0 Å². The summed E-state index contributed by atoms with van der Waals surface area (Å²) in [4.78, 5) is 16.4. The Kier molecular flexibility index (Phi) is 4.95. The molecule has 3 aromatic rings. The zero-order valence-corrected chi connectivity index (χ0v) is 13.6. The summed E-state index contributed by atoms with van der Waals surface area (Å²) in [5, 5.41) is 11.8. The molecule has 0 bridgehead atoms. The van der Waals surface area contributed by atoms with Crippen molar-refractivity contribution in [2.75, 3.05) is 0 Å². The van der Waals surface area contributed by atoms with Gasteiger partial charge in [0.2, 0.25) is 5.91 Å². The smallest absolute Gasteiger partial charge is 0.263 e. The quantitative estimate of drug-likeness (QED) is 0.718. The van der Waals surface area contributed by atoms with Crippen LogP contribution in [0.5, 0.6) is 0 Å². The first-order valence-corrected chi connectivity index (χ1v) is 7.72. The van der Waals surface area contributed by atoms with Gasteiger partial charge < -0.3 is 19.3 Å². The molecule has 1 amide bonds. The van der Waals surface area contributed by atoms with Crippen molar-refractivity contribution >= 4 is 5.91 Å². The molecule has 0 saturated carbocycles. The van der Waals surface area contributed by atoms with E-state index in [0.717, 1.165) is 0 Å². The van der Waals surface area contributed by atoms with Crippen molar-refractivity contribution in [3.8, 4) is 11.7 Å². The van der Waals surface area contributed by atoms with Crippen molar-refractivity contribution in [2.45, 2.75) is 26.5 Å². The van der Waals surface area contributed by atoms with Crippen molar-refractivity contribution in [2.24, 2.45) is 0 Å². The maximum atomic E-state index is 13.3. The molecule has 2 N–H and O–H groups in total. The minimum absolute atomic E-state index is 0.0596. The Balaban J connectivity index is 1.61. The molecule has 1 aromatic carbocycles. The van der Waals surface area contributed by atoms with Gasteiger partial charge in [0, 0.05) is 12.1 Å². The predicted molar refractivity (Wildman–Crippen MR) is 86.8 cm³/mol. The second-order valence-electron chi connectivity index (χ2n) is 5.54. The molecule has 0 aliphatic rings. The van der Waals surface area contributed by atoms with Gasteiger partial charge in [0.1, 0.15) is 11.6 Å². The van der Waals surface area contributed by atoms with E-state index in [1.165, 1.54) is 18.4 Å². The molecule has 0 fully saturated rings. The maximum absolute atomic E-state index is 13.3. The van der Waals surface area contributed by atoms with Gasteiger partial charge in [0.15, 0.2) is 5.76 Å². The van der Waals surface area contributed by atoms with E-state index in [0.29, 0.717) is 28.7 Å². The normalized spacial score (nSPS) is 10.8. The Hall–Kier alpha value is -2.93. The van der Waals surface area contributed by atoms with Gasteiger partial charge in [-0.25, -0.2) is 9.37 Å². The third-order valence-electron chi connectivity index (χ3n) is 3.72. The number of nitrogens with one attached hydrogen (secondary N) is 1. The number of hydrogen-bond donors (Lipinski definition) is 2. The molecule has 25 heavy (non-hydrogen) atoms. The van der Waals surface area contributed by atoms with Crippen molar-refractivity contribution in [3.63, 3.8) is 0 Å². The van der Waals surface area contributed by atoms with Crippen LogP contribution in [-0.2, 0) is 24.4 Å². The molecule has 0 aliphatic carbocycles. The number of aliphatic hydroxyl groups is 1. The summed E-state index contributed by atoms with van der Waals surface area (Å²) in [6.45, 7) is 1.57. The SMILES string of the molecule is Cc1oc(-c2ccco2)nc1CC(=O)NCc1ccc(F)c(CO)c1. The molecule has 2 heterocycles. The molecular weight excluding hydrogens is 327 g/mol. The molecule has 0 saturated heterocycles. The monoisotopic (exact) mass is 344 g/mol. The van der Waals surface area contributed by atoms with Crippen LogP contribution in [0.3, 0.4) is 0 Å². The van der Waals surface area contributed by atoms with Gasteiger partial charge in [-0.3, -0.25) is 4.79 Å². The minimum Gasteiger partial charge on any atom is -0.459 e. The molecule has 0 unspecified atom stereocenters. The average molecular weight is 344 g/mol. The van der Waals surface area contributed by atoms with Crippen LogP contribution in [0.2, 0.25) is 0 Å².